The number of hydrogen-bond donors (Lipinski definition) is 0. The second-order valence-corrected chi connectivity index (χ2v) is 5.35. The Kier molecular flexibility index (Phi) is 5.25. The predicted molar refractivity (Wildman–Crippen MR) is 72.5 cm³/mol. The topological polar surface area (TPSA) is 28.1 Å². The van der Waals surface area contributed by atoms with E-state index in [0.717, 1.165) is 25.3 Å². The lowest BCUT2D eigenvalue weighted by atomic mass is 9.85. The molecule has 1 saturated carbocycles. The summed E-state index contributed by atoms with van der Waals surface area (Å²) < 4.78 is 5.74. The van der Waals surface area contributed by atoms with Crippen LogP contribution in [-0.4, -0.2) is 63.2 Å². The maximum atomic E-state index is 5.74. The Bertz CT molecular complexity index is 245. The number of nitrogens with zero attached hydrogens (tertiary/aromatic N) is 3. The summed E-state index contributed by atoms with van der Waals surface area (Å²) in [6.45, 7) is 0.773. The minimum atomic E-state index is -0.0183. The van der Waals surface area contributed by atoms with Crippen molar-refractivity contribution in [3.8, 4) is 0 Å². The van der Waals surface area contributed by atoms with Crippen molar-refractivity contribution in [3.63, 3.8) is 0 Å². The van der Waals surface area contributed by atoms with Crippen molar-refractivity contribution in [1.29, 1.82) is 0 Å². The third-order valence-corrected chi connectivity index (χ3v) is 3.51. The number of guanidine groups is 1. The van der Waals surface area contributed by atoms with Crippen LogP contribution in [0.25, 0.3) is 0 Å². The molecule has 1 rings (SSSR count). The van der Waals surface area contributed by atoms with Gasteiger partial charge in [-0.2, -0.15) is 0 Å². The van der Waals surface area contributed by atoms with Crippen molar-refractivity contribution in [1.82, 2.24) is 9.80 Å². The summed E-state index contributed by atoms with van der Waals surface area (Å²) in [5.74, 6) is 1.01. The van der Waals surface area contributed by atoms with Gasteiger partial charge in [0.05, 0.1) is 12.1 Å². The first-order chi connectivity index (χ1) is 8.01. The second kappa shape index (κ2) is 6.24. The lowest BCUT2D eigenvalue weighted by Gasteiger charge is -2.35. The fourth-order valence-corrected chi connectivity index (χ4v) is 2.52. The molecule has 0 heterocycles. The molecule has 100 valence electrons. The van der Waals surface area contributed by atoms with E-state index in [1.807, 2.05) is 45.1 Å². The lowest BCUT2D eigenvalue weighted by Crippen LogP contribution is -2.41. The Balaban J connectivity index is 2.70. The lowest BCUT2D eigenvalue weighted by molar-refractivity contribution is -0.0311. The van der Waals surface area contributed by atoms with Gasteiger partial charge in [-0.05, 0) is 12.8 Å². The summed E-state index contributed by atoms with van der Waals surface area (Å²) in [5, 5.41) is 0. The van der Waals surface area contributed by atoms with Crippen LogP contribution in [0.4, 0.5) is 0 Å². The van der Waals surface area contributed by atoms with Gasteiger partial charge in [-0.25, -0.2) is 4.99 Å². The Morgan fingerprint density at radius 1 is 1.06 bits per heavy atom. The van der Waals surface area contributed by atoms with Crippen LogP contribution in [0.3, 0.4) is 0 Å². The summed E-state index contributed by atoms with van der Waals surface area (Å²) >= 11 is 0. The molecule has 1 aliphatic rings. The molecule has 0 aromatic carbocycles. The summed E-state index contributed by atoms with van der Waals surface area (Å²) in [6.07, 6.45) is 6.15. The number of hydrogen-bond acceptors (Lipinski definition) is 2. The molecule has 0 aromatic heterocycles. The number of rotatable bonds is 3. The van der Waals surface area contributed by atoms with Crippen molar-refractivity contribution in [2.75, 3.05) is 41.8 Å². The zero-order chi connectivity index (χ0) is 12.9. The highest BCUT2D eigenvalue weighted by atomic mass is 16.5. The standard InChI is InChI=1S/C13H27N3O/c1-15(2)12(16(3)4)14-11-13(17-5)9-7-6-8-10-13/h6-11H2,1-5H3. The minimum Gasteiger partial charge on any atom is -0.376 e. The van der Waals surface area contributed by atoms with Crippen molar-refractivity contribution >= 4 is 5.96 Å². The highest BCUT2D eigenvalue weighted by molar-refractivity contribution is 5.79. The fraction of sp³-hybridized carbons (Fsp3) is 0.923. The maximum Gasteiger partial charge on any atom is 0.195 e. The third kappa shape index (κ3) is 3.87. The van der Waals surface area contributed by atoms with Gasteiger partial charge in [0.25, 0.3) is 0 Å². The van der Waals surface area contributed by atoms with Crippen molar-refractivity contribution in [3.05, 3.63) is 0 Å². The number of aliphatic imine (C=N–C) groups is 1. The van der Waals surface area contributed by atoms with Crippen LogP contribution in [-0.2, 0) is 4.74 Å². The molecular weight excluding hydrogens is 214 g/mol. The average Bonchev–Trinajstić information content (AvgIpc) is 2.29. The average molecular weight is 241 g/mol. The molecule has 0 spiro atoms. The van der Waals surface area contributed by atoms with Gasteiger partial charge in [0.1, 0.15) is 0 Å². The van der Waals surface area contributed by atoms with Gasteiger partial charge in [0.15, 0.2) is 5.96 Å². The second-order valence-electron chi connectivity index (χ2n) is 5.35. The first-order valence-corrected chi connectivity index (χ1v) is 6.45. The maximum absolute atomic E-state index is 5.74. The van der Waals surface area contributed by atoms with Crippen LogP contribution in [0, 0.1) is 0 Å². The summed E-state index contributed by atoms with van der Waals surface area (Å²) in [7, 11) is 9.93. The number of methoxy groups -OCH3 is 1. The van der Waals surface area contributed by atoms with Gasteiger partial charge < -0.3 is 14.5 Å². The van der Waals surface area contributed by atoms with Gasteiger partial charge in [-0.3, -0.25) is 0 Å². The molecule has 0 aliphatic heterocycles. The molecule has 0 aromatic rings. The highest BCUT2D eigenvalue weighted by Gasteiger charge is 2.31. The van der Waals surface area contributed by atoms with E-state index < -0.39 is 0 Å². The first-order valence-electron chi connectivity index (χ1n) is 6.45. The van der Waals surface area contributed by atoms with Crippen molar-refractivity contribution < 1.29 is 4.74 Å². The molecular formula is C13H27N3O. The van der Waals surface area contributed by atoms with E-state index in [2.05, 4.69) is 0 Å². The normalized spacial score (nSPS) is 18.6. The third-order valence-electron chi connectivity index (χ3n) is 3.51. The van der Waals surface area contributed by atoms with Crippen LogP contribution >= 0.6 is 0 Å². The molecule has 1 aliphatic carbocycles. The molecule has 0 radical (unpaired) electrons. The van der Waals surface area contributed by atoms with E-state index in [1.54, 1.807) is 0 Å². The van der Waals surface area contributed by atoms with Crippen LogP contribution < -0.4 is 0 Å². The quantitative estimate of drug-likeness (QED) is 0.557. The molecule has 1 fully saturated rings. The Hall–Kier alpha value is -0.770. The first kappa shape index (κ1) is 14.3. The molecule has 0 atom stereocenters. The summed E-state index contributed by atoms with van der Waals surface area (Å²) in [4.78, 5) is 8.83. The summed E-state index contributed by atoms with van der Waals surface area (Å²) in [5.41, 5.74) is -0.0183. The van der Waals surface area contributed by atoms with Gasteiger partial charge in [0, 0.05) is 35.3 Å². The molecule has 4 heteroatoms. The van der Waals surface area contributed by atoms with Crippen LogP contribution in [0.1, 0.15) is 32.1 Å². The molecule has 17 heavy (non-hydrogen) atoms. The van der Waals surface area contributed by atoms with Crippen molar-refractivity contribution in [2.24, 2.45) is 4.99 Å². The van der Waals surface area contributed by atoms with E-state index in [9.17, 15) is 0 Å². The van der Waals surface area contributed by atoms with E-state index in [1.165, 1.54) is 19.3 Å². The predicted octanol–water partition coefficient (Wildman–Crippen LogP) is 1.81. The molecule has 4 nitrogen and oxygen atoms in total. The Morgan fingerprint density at radius 2 is 1.59 bits per heavy atom. The van der Waals surface area contributed by atoms with Gasteiger partial charge >= 0.3 is 0 Å². The van der Waals surface area contributed by atoms with Crippen LogP contribution in [0.15, 0.2) is 4.99 Å². The molecule has 0 saturated heterocycles. The molecule has 0 bridgehead atoms. The zero-order valence-corrected chi connectivity index (χ0v) is 12.0. The molecule has 0 amide bonds. The monoisotopic (exact) mass is 241 g/mol. The van der Waals surface area contributed by atoms with Crippen LogP contribution in [0.2, 0.25) is 0 Å². The SMILES string of the molecule is COC1(CN=C(N(C)C)N(C)C)CCCCC1. The largest absolute Gasteiger partial charge is 0.376 e. The van der Waals surface area contributed by atoms with Crippen LogP contribution in [0.5, 0.6) is 0 Å². The highest BCUT2D eigenvalue weighted by Crippen LogP contribution is 2.31. The van der Waals surface area contributed by atoms with Crippen molar-refractivity contribution in [2.45, 2.75) is 37.7 Å². The van der Waals surface area contributed by atoms with Gasteiger partial charge in [-0.1, -0.05) is 19.3 Å². The van der Waals surface area contributed by atoms with E-state index in [0.29, 0.717) is 0 Å². The summed E-state index contributed by atoms with van der Waals surface area (Å²) in [6, 6.07) is 0. The fourth-order valence-electron chi connectivity index (χ4n) is 2.52. The molecule has 0 N–H and O–H groups in total. The minimum absolute atomic E-state index is 0.0183. The Morgan fingerprint density at radius 3 is 2.00 bits per heavy atom. The van der Waals surface area contributed by atoms with Gasteiger partial charge in [0.2, 0.25) is 0 Å². The van der Waals surface area contributed by atoms with E-state index >= 15 is 0 Å². The molecule has 0 unspecified atom stereocenters. The zero-order valence-electron chi connectivity index (χ0n) is 12.0. The van der Waals surface area contributed by atoms with Gasteiger partial charge in [-0.15, -0.1) is 0 Å². The van der Waals surface area contributed by atoms with E-state index in [-0.39, 0.29) is 5.60 Å². The Labute approximate surface area is 106 Å². The number of ether oxygens (including phenoxy) is 1. The van der Waals surface area contributed by atoms with E-state index in [4.69, 9.17) is 9.73 Å². The smallest absolute Gasteiger partial charge is 0.195 e.